The second kappa shape index (κ2) is 3.24. The number of hydrogen-bond donors (Lipinski definition) is 1. The lowest BCUT2D eigenvalue weighted by Crippen LogP contribution is -2.40. The molecule has 1 fully saturated rings. The molecule has 1 rings (SSSR count). The molecule has 0 bridgehead atoms. The summed E-state index contributed by atoms with van der Waals surface area (Å²) >= 11 is 0. The normalized spacial score (nSPS) is 34.5. The highest BCUT2D eigenvalue weighted by Gasteiger charge is 2.37. The lowest BCUT2D eigenvalue weighted by molar-refractivity contribution is 0.193. The molecule has 0 aromatic carbocycles. The van der Waals surface area contributed by atoms with Crippen LogP contribution in [0.25, 0.3) is 0 Å². The van der Waals surface area contributed by atoms with Crippen molar-refractivity contribution >= 4 is 10.0 Å². The van der Waals surface area contributed by atoms with Gasteiger partial charge in [-0.2, -0.15) is 0 Å². The van der Waals surface area contributed by atoms with E-state index in [2.05, 4.69) is 13.8 Å². The molecule has 1 aliphatic carbocycles. The van der Waals surface area contributed by atoms with Gasteiger partial charge < -0.3 is 0 Å². The summed E-state index contributed by atoms with van der Waals surface area (Å²) in [5.74, 6) is 0.193. The van der Waals surface area contributed by atoms with Crippen LogP contribution < -0.4 is 5.14 Å². The lowest BCUT2D eigenvalue weighted by Gasteiger charge is -2.37. The summed E-state index contributed by atoms with van der Waals surface area (Å²) in [6.07, 6.45) is 2.62. The van der Waals surface area contributed by atoms with Crippen LogP contribution in [0.4, 0.5) is 0 Å². The van der Waals surface area contributed by atoms with E-state index in [1.807, 2.05) is 6.92 Å². The predicted molar refractivity (Wildman–Crippen MR) is 53.7 cm³/mol. The number of hydrogen-bond acceptors (Lipinski definition) is 2. The van der Waals surface area contributed by atoms with Gasteiger partial charge in [0.15, 0.2) is 0 Å². The van der Waals surface area contributed by atoms with Crippen molar-refractivity contribution in [3.8, 4) is 0 Å². The molecule has 0 aliphatic heterocycles. The van der Waals surface area contributed by atoms with Gasteiger partial charge in [0.1, 0.15) is 0 Å². The second-order valence-corrected chi connectivity index (χ2v) is 6.80. The largest absolute Gasteiger partial charge is 0.228 e. The van der Waals surface area contributed by atoms with Crippen LogP contribution in [0.5, 0.6) is 0 Å². The van der Waals surface area contributed by atoms with E-state index < -0.39 is 10.0 Å². The van der Waals surface area contributed by atoms with Crippen molar-refractivity contribution in [3.05, 3.63) is 0 Å². The van der Waals surface area contributed by atoms with Crippen molar-refractivity contribution in [2.24, 2.45) is 16.5 Å². The summed E-state index contributed by atoms with van der Waals surface area (Å²) in [5.41, 5.74) is 0.278. The number of sulfonamides is 1. The van der Waals surface area contributed by atoms with E-state index in [0.717, 1.165) is 12.8 Å². The van der Waals surface area contributed by atoms with Gasteiger partial charge in [0.25, 0.3) is 0 Å². The maximum absolute atomic E-state index is 11.2. The summed E-state index contributed by atoms with van der Waals surface area (Å²) in [4.78, 5) is 0. The molecule has 2 unspecified atom stereocenters. The highest BCUT2D eigenvalue weighted by Crippen LogP contribution is 2.40. The first kappa shape index (κ1) is 11.0. The molecule has 3 nitrogen and oxygen atoms in total. The minimum atomic E-state index is -3.33. The van der Waals surface area contributed by atoms with Gasteiger partial charge in [-0.15, -0.1) is 0 Å². The third-order valence-corrected chi connectivity index (χ3v) is 4.58. The molecule has 1 saturated carbocycles. The van der Waals surface area contributed by atoms with Crippen molar-refractivity contribution in [3.63, 3.8) is 0 Å². The van der Waals surface area contributed by atoms with Gasteiger partial charge in [0.2, 0.25) is 10.0 Å². The molecular weight excluding hydrogens is 186 g/mol. The van der Waals surface area contributed by atoms with Crippen molar-refractivity contribution < 1.29 is 8.42 Å². The molecule has 0 amide bonds. The quantitative estimate of drug-likeness (QED) is 0.705. The van der Waals surface area contributed by atoms with E-state index in [0.29, 0.717) is 6.42 Å². The fourth-order valence-corrected chi connectivity index (χ4v) is 3.60. The smallest absolute Gasteiger partial charge is 0.212 e. The fraction of sp³-hybridized carbons (Fsp3) is 1.00. The zero-order chi connectivity index (χ0) is 10.3. The minimum Gasteiger partial charge on any atom is -0.228 e. The Labute approximate surface area is 80.8 Å². The molecule has 1 aliphatic rings. The molecule has 0 heterocycles. The molecule has 0 spiro atoms. The first-order chi connectivity index (χ1) is 5.72. The van der Waals surface area contributed by atoms with Crippen LogP contribution in [0.3, 0.4) is 0 Å². The fourth-order valence-electron chi connectivity index (χ4n) is 2.41. The van der Waals surface area contributed by atoms with Crippen molar-refractivity contribution in [1.29, 1.82) is 0 Å². The van der Waals surface area contributed by atoms with Gasteiger partial charge in [-0.25, -0.2) is 13.6 Å². The summed E-state index contributed by atoms with van der Waals surface area (Å²) in [7, 11) is -3.33. The van der Waals surface area contributed by atoms with E-state index in [1.54, 1.807) is 0 Å². The number of primary sulfonamides is 1. The second-order valence-electron chi connectivity index (χ2n) is 5.01. The van der Waals surface area contributed by atoms with Crippen molar-refractivity contribution in [1.82, 2.24) is 0 Å². The Morgan fingerprint density at radius 1 is 1.38 bits per heavy atom. The van der Waals surface area contributed by atoms with Crippen LogP contribution in [-0.2, 0) is 10.0 Å². The van der Waals surface area contributed by atoms with Gasteiger partial charge in [0, 0.05) is 0 Å². The highest BCUT2D eigenvalue weighted by atomic mass is 32.2. The zero-order valence-electron chi connectivity index (χ0n) is 8.58. The van der Waals surface area contributed by atoms with Gasteiger partial charge in [-0.3, -0.25) is 0 Å². The summed E-state index contributed by atoms with van der Waals surface area (Å²) in [6, 6.07) is 0. The van der Waals surface area contributed by atoms with Gasteiger partial charge >= 0.3 is 0 Å². The Morgan fingerprint density at radius 3 is 2.31 bits per heavy atom. The Bertz CT molecular complexity index is 282. The van der Waals surface area contributed by atoms with Gasteiger partial charge in [-0.1, -0.05) is 20.8 Å². The first-order valence-electron chi connectivity index (χ1n) is 4.74. The van der Waals surface area contributed by atoms with Crippen LogP contribution in [0.2, 0.25) is 0 Å². The topological polar surface area (TPSA) is 60.2 Å². The maximum atomic E-state index is 11.2. The van der Waals surface area contributed by atoms with E-state index in [-0.39, 0.29) is 16.6 Å². The molecule has 2 atom stereocenters. The summed E-state index contributed by atoms with van der Waals surface area (Å²) in [6.45, 7) is 6.35. The molecule has 0 aromatic heterocycles. The van der Waals surface area contributed by atoms with E-state index in [9.17, 15) is 8.42 Å². The standard InChI is InChI=1S/C9H19NO2S/c1-7-6-9(2,3)5-4-8(7)13(10,11)12/h7-8H,4-6H2,1-3H3,(H2,10,11,12). The lowest BCUT2D eigenvalue weighted by atomic mass is 9.73. The third-order valence-electron chi connectivity index (χ3n) is 3.04. The van der Waals surface area contributed by atoms with E-state index >= 15 is 0 Å². The molecule has 0 radical (unpaired) electrons. The summed E-state index contributed by atoms with van der Waals surface area (Å²) in [5, 5.41) is 4.84. The average Bonchev–Trinajstić information content (AvgIpc) is 1.80. The SMILES string of the molecule is CC1CC(C)(C)CCC1S(N)(=O)=O. The number of nitrogens with two attached hydrogens (primary N) is 1. The van der Waals surface area contributed by atoms with Crippen LogP contribution in [0.15, 0.2) is 0 Å². The first-order valence-corrected chi connectivity index (χ1v) is 6.35. The number of rotatable bonds is 1. The average molecular weight is 205 g/mol. The maximum Gasteiger partial charge on any atom is 0.212 e. The molecular formula is C9H19NO2S. The molecule has 4 heteroatoms. The van der Waals surface area contributed by atoms with E-state index in [1.165, 1.54) is 0 Å². The Balaban J connectivity index is 2.76. The molecule has 13 heavy (non-hydrogen) atoms. The monoisotopic (exact) mass is 205 g/mol. The Kier molecular flexibility index (Phi) is 2.74. The minimum absolute atomic E-state index is 0.193. The Morgan fingerprint density at radius 2 is 1.92 bits per heavy atom. The zero-order valence-corrected chi connectivity index (χ0v) is 9.39. The summed E-state index contributed by atoms with van der Waals surface area (Å²) < 4.78 is 22.4. The van der Waals surface area contributed by atoms with Crippen LogP contribution in [0, 0.1) is 11.3 Å². The third kappa shape index (κ3) is 2.68. The molecule has 2 N–H and O–H groups in total. The van der Waals surface area contributed by atoms with Crippen molar-refractivity contribution in [2.75, 3.05) is 0 Å². The molecule has 0 aromatic rings. The van der Waals surface area contributed by atoms with Crippen molar-refractivity contribution in [2.45, 2.75) is 45.3 Å². The van der Waals surface area contributed by atoms with Crippen LogP contribution >= 0.6 is 0 Å². The Hall–Kier alpha value is -0.0900. The van der Waals surface area contributed by atoms with Crippen LogP contribution in [-0.4, -0.2) is 13.7 Å². The van der Waals surface area contributed by atoms with E-state index in [4.69, 9.17) is 5.14 Å². The van der Waals surface area contributed by atoms with Gasteiger partial charge in [-0.05, 0) is 30.6 Å². The van der Waals surface area contributed by atoms with Crippen LogP contribution in [0.1, 0.15) is 40.0 Å². The molecule has 78 valence electrons. The predicted octanol–water partition coefficient (Wildman–Crippen LogP) is 1.49. The molecule has 0 saturated heterocycles. The van der Waals surface area contributed by atoms with Gasteiger partial charge in [0.05, 0.1) is 5.25 Å². The highest BCUT2D eigenvalue weighted by molar-refractivity contribution is 7.89.